The van der Waals surface area contributed by atoms with E-state index in [1.54, 1.807) is 24.0 Å². The Kier molecular flexibility index (Phi) is 7.26. The van der Waals surface area contributed by atoms with Gasteiger partial charge in [-0.15, -0.1) is 0 Å². The van der Waals surface area contributed by atoms with E-state index in [2.05, 4.69) is 9.88 Å². The lowest BCUT2D eigenvalue weighted by Gasteiger charge is -2.31. The molecule has 0 saturated carbocycles. The summed E-state index contributed by atoms with van der Waals surface area (Å²) in [4.78, 5) is 27.3. The van der Waals surface area contributed by atoms with Crippen molar-refractivity contribution >= 4 is 12.0 Å². The first-order valence-electron chi connectivity index (χ1n) is 12.8. The van der Waals surface area contributed by atoms with Crippen LogP contribution < -0.4 is 5.32 Å². The zero-order valence-electron chi connectivity index (χ0n) is 21.4. The maximum atomic E-state index is 13.9. The van der Waals surface area contributed by atoms with Gasteiger partial charge in [0, 0.05) is 18.3 Å². The van der Waals surface area contributed by atoms with Gasteiger partial charge in [0.15, 0.2) is 0 Å². The van der Waals surface area contributed by atoms with Crippen molar-refractivity contribution in [2.75, 3.05) is 13.2 Å². The van der Waals surface area contributed by atoms with Crippen molar-refractivity contribution in [2.45, 2.75) is 39.3 Å². The smallest absolute Gasteiger partial charge is 0.318 e. The van der Waals surface area contributed by atoms with Crippen molar-refractivity contribution in [1.82, 2.24) is 24.6 Å². The molecule has 1 atom stereocenters. The average molecular weight is 516 g/mol. The van der Waals surface area contributed by atoms with Crippen LogP contribution in [-0.4, -0.2) is 44.4 Å². The van der Waals surface area contributed by atoms with Crippen molar-refractivity contribution in [2.24, 2.45) is 0 Å². The van der Waals surface area contributed by atoms with E-state index in [4.69, 9.17) is 9.84 Å². The SMILES string of the molecule is CCOC(=O)CCNC(=O)N1Cc2c(CC)nn(-c3ccccc3)c2-n2cccc2[C@H]1c1ccc(F)cc1. The molecular weight excluding hydrogens is 485 g/mol. The normalized spacial score (nSPS) is 14.4. The molecule has 0 unspecified atom stereocenters. The second-order valence-corrected chi connectivity index (χ2v) is 9.02. The van der Waals surface area contributed by atoms with Crippen LogP contribution in [0.25, 0.3) is 11.5 Å². The van der Waals surface area contributed by atoms with Crippen LogP contribution in [0.2, 0.25) is 0 Å². The van der Waals surface area contributed by atoms with Gasteiger partial charge in [0.2, 0.25) is 0 Å². The van der Waals surface area contributed by atoms with Crippen molar-refractivity contribution in [3.63, 3.8) is 0 Å². The van der Waals surface area contributed by atoms with E-state index >= 15 is 0 Å². The number of carbonyl (C=O) groups excluding carboxylic acids is 2. The Morgan fingerprint density at radius 2 is 1.82 bits per heavy atom. The van der Waals surface area contributed by atoms with Gasteiger partial charge in [-0.3, -0.25) is 4.79 Å². The standard InChI is InChI=1S/C29H30FN5O3/c1-3-24-23-19-34(29(37)31-17-16-26(36)38-4-2)27(20-12-14-21(30)15-13-20)25-11-8-18-33(25)28(23)35(32-24)22-9-6-5-7-10-22/h5-15,18,27H,3-4,16-17,19H2,1-2H3,(H,31,37)/t27-/m1/s1. The number of benzene rings is 2. The third-order valence-electron chi connectivity index (χ3n) is 6.66. The summed E-state index contributed by atoms with van der Waals surface area (Å²) in [5.41, 5.74) is 4.34. The van der Waals surface area contributed by atoms with E-state index in [0.29, 0.717) is 6.42 Å². The van der Waals surface area contributed by atoms with Crippen LogP contribution in [-0.2, 0) is 22.5 Å². The predicted molar refractivity (Wildman–Crippen MR) is 141 cm³/mol. The van der Waals surface area contributed by atoms with Crippen LogP contribution in [0.15, 0.2) is 72.9 Å². The number of para-hydroxylation sites is 1. The summed E-state index contributed by atoms with van der Waals surface area (Å²) in [7, 11) is 0. The summed E-state index contributed by atoms with van der Waals surface area (Å²) in [5.74, 6) is 0.147. The first-order valence-corrected chi connectivity index (χ1v) is 12.8. The fourth-order valence-corrected chi connectivity index (χ4v) is 4.95. The number of amides is 2. The van der Waals surface area contributed by atoms with Crippen LogP contribution in [0.5, 0.6) is 0 Å². The summed E-state index contributed by atoms with van der Waals surface area (Å²) in [6.07, 6.45) is 2.72. The minimum Gasteiger partial charge on any atom is -0.466 e. The molecule has 1 aliphatic rings. The third kappa shape index (κ3) is 4.79. The highest BCUT2D eigenvalue weighted by molar-refractivity contribution is 5.77. The Labute approximate surface area is 220 Å². The van der Waals surface area contributed by atoms with Gasteiger partial charge in [-0.25, -0.2) is 13.9 Å². The fourth-order valence-electron chi connectivity index (χ4n) is 4.95. The summed E-state index contributed by atoms with van der Waals surface area (Å²) >= 11 is 0. The number of nitrogens with one attached hydrogen (secondary N) is 1. The van der Waals surface area contributed by atoms with Crippen molar-refractivity contribution < 1.29 is 18.7 Å². The molecule has 0 fully saturated rings. The van der Waals surface area contributed by atoms with Crippen LogP contribution in [0, 0.1) is 5.82 Å². The zero-order valence-corrected chi connectivity index (χ0v) is 21.4. The molecule has 0 aliphatic carbocycles. The Bertz CT molecular complexity index is 1430. The highest BCUT2D eigenvalue weighted by Gasteiger charge is 2.36. The molecule has 1 N–H and O–H groups in total. The van der Waals surface area contributed by atoms with Gasteiger partial charge in [0.05, 0.1) is 42.7 Å². The molecule has 2 aromatic carbocycles. The number of urea groups is 1. The Hall–Kier alpha value is -4.40. The largest absolute Gasteiger partial charge is 0.466 e. The monoisotopic (exact) mass is 515 g/mol. The van der Waals surface area contributed by atoms with E-state index in [9.17, 15) is 14.0 Å². The first-order chi connectivity index (χ1) is 18.5. The second-order valence-electron chi connectivity index (χ2n) is 9.02. The molecule has 0 radical (unpaired) electrons. The zero-order chi connectivity index (χ0) is 26.6. The van der Waals surface area contributed by atoms with Crippen LogP contribution in [0.4, 0.5) is 9.18 Å². The van der Waals surface area contributed by atoms with E-state index in [1.165, 1.54) is 12.1 Å². The molecule has 4 aromatic rings. The molecular formula is C29H30FN5O3. The Morgan fingerprint density at radius 3 is 2.53 bits per heavy atom. The van der Waals surface area contributed by atoms with E-state index < -0.39 is 6.04 Å². The molecule has 2 aromatic heterocycles. The van der Waals surface area contributed by atoms with E-state index in [-0.39, 0.29) is 43.9 Å². The molecule has 8 nitrogen and oxygen atoms in total. The predicted octanol–water partition coefficient (Wildman–Crippen LogP) is 4.93. The molecule has 5 rings (SSSR count). The maximum Gasteiger partial charge on any atom is 0.318 e. The number of ether oxygens (including phenoxy) is 1. The number of halogens is 1. The number of carbonyl (C=O) groups is 2. The number of hydrogen-bond donors (Lipinski definition) is 1. The summed E-state index contributed by atoms with van der Waals surface area (Å²) in [5, 5.41) is 7.82. The number of nitrogens with zero attached hydrogens (tertiary/aromatic N) is 4. The molecule has 9 heteroatoms. The lowest BCUT2D eigenvalue weighted by Crippen LogP contribution is -2.42. The van der Waals surface area contributed by atoms with Gasteiger partial charge in [0.25, 0.3) is 0 Å². The van der Waals surface area contributed by atoms with Crippen LogP contribution in [0.1, 0.15) is 48.8 Å². The van der Waals surface area contributed by atoms with Crippen molar-refractivity contribution in [1.29, 1.82) is 0 Å². The van der Waals surface area contributed by atoms with E-state index in [0.717, 1.165) is 34.0 Å². The van der Waals surface area contributed by atoms with Gasteiger partial charge in [-0.1, -0.05) is 37.3 Å². The van der Waals surface area contributed by atoms with E-state index in [1.807, 2.05) is 60.3 Å². The molecule has 0 spiro atoms. The van der Waals surface area contributed by atoms with Crippen LogP contribution >= 0.6 is 0 Å². The quantitative estimate of drug-likeness (QED) is 0.354. The number of rotatable bonds is 7. The second kappa shape index (κ2) is 10.9. The highest BCUT2D eigenvalue weighted by atomic mass is 19.1. The Morgan fingerprint density at radius 1 is 1.05 bits per heavy atom. The third-order valence-corrected chi connectivity index (χ3v) is 6.66. The minimum atomic E-state index is -0.505. The van der Waals surface area contributed by atoms with Crippen molar-refractivity contribution in [3.8, 4) is 11.5 Å². The highest BCUT2D eigenvalue weighted by Crippen LogP contribution is 2.38. The molecule has 0 saturated heterocycles. The van der Waals surface area contributed by atoms with Gasteiger partial charge < -0.3 is 19.5 Å². The molecule has 2 amide bonds. The molecule has 0 bridgehead atoms. The van der Waals surface area contributed by atoms with Gasteiger partial charge in [-0.05, 0) is 55.3 Å². The molecule has 1 aliphatic heterocycles. The first kappa shape index (κ1) is 25.3. The number of esters is 1. The number of aromatic nitrogens is 3. The lowest BCUT2D eigenvalue weighted by molar-refractivity contribution is -0.142. The molecule has 38 heavy (non-hydrogen) atoms. The van der Waals surface area contributed by atoms with Crippen LogP contribution in [0.3, 0.4) is 0 Å². The summed E-state index contributed by atoms with van der Waals surface area (Å²) in [6, 6.07) is 19.2. The van der Waals surface area contributed by atoms with Crippen molar-refractivity contribution in [3.05, 3.63) is 101 Å². The summed E-state index contributed by atoms with van der Waals surface area (Å²) < 4.78 is 22.9. The van der Waals surface area contributed by atoms with Gasteiger partial charge >= 0.3 is 12.0 Å². The van der Waals surface area contributed by atoms with Gasteiger partial charge in [-0.2, -0.15) is 5.10 Å². The molecule has 196 valence electrons. The van der Waals surface area contributed by atoms with Gasteiger partial charge in [0.1, 0.15) is 11.6 Å². The Balaban J connectivity index is 1.62. The number of aryl methyl sites for hydroxylation is 1. The lowest BCUT2D eigenvalue weighted by atomic mass is 10.0. The topological polar surface area (TPSA) is 81.4 Å². The summed E-state index contributed by atoms with van der Waals surface area (Å²) in [6.45, 7) is 4.49. The number of fused-ring (bicyclic) bond motifs is 3. The minimum absolute atomic E-state index is 0.0718. The fraction of sp³-hybridized carbons (Fsp3) is 0.276. The average Bonchev–Trinajstić information content (AvgIpc) is 3.51. The molecule has 3 heterocycles. The maximum absolute atomic E-state index is 13.9. The number of hydrogen-bond acceptors (Lipinski definition) is 4.